The van der Waals surface area contributed by atoms with E-state index in [1.807, 2.05) is 18.2 Å². The van der Waals surface area contributed by atoms with Crippen molar-refractivity contribution < 1.29 is 23.5 Å². The fourth-order valence-corrected chi connectivity index (χ4v) is 4.30. The van der Waals surface area contributed by atoms with Crippen LogP contribution in [0.2, 0.25) is 0 Å². The molecular formula is C19H17N3O5S. The van der Waals surface area contributed by atoms with Crippen LogP contribution >= 0.6 is 11.3 Å². The second kappa shape index (κ2) is 6.83. The fraction of sp³-hybridized carbons (Fsp3) is 0.316. The summed E-state index contributed by atoms with van der Waals surface area (Å²) in [5.74, 6) is 1.39. The number of fused-ring (bicyclic) bond motifs is 2. The first-order chi connectivity index (χ1) is 13.7. The minimum Gasteiger partial charge on any atom is -0.486 e. The van der Waals surface area contributed by atoms with Crippen molar-refractivity contribution in [2.24, 2.45) is 5.92 Å². The highest BCUT2D eigenvalue weighted by Gasteiger charge is 2.35. The van der Waals surface area contributed by atoms with E-state index in [0.717, 1.165) is 10.2 Å². The Balaban J connectivity index is 1.28. The molecule has 2 aliphatic rings. The van der Waals surface area contributed by atoms with Gasteiger partial charge in [-0.15, -0.1) is 0 Å². The lowest BCUT2D eigenvalue weighted by atomic mass is 10.1. The molecule has 9 heteroatoms. The molecule has 0 bridgehead atoms. The highest BCUT2D eigenvalue weighted by molar-refractivity contribution is 7.22. The molecule has 144 valence electrons. The number of likely N-dealkylation sites (tertiary alicyclic amines) is 1. The van der Waals surface area contributed by atoms with Gasteiger partial charge in [0.25, 0.3) is 0 Å². The second-order valence-corrected chi connectivity index (χ2v) is 7.76. The van der Waals surface area contributed by atoms with Crippen LogP contribution in [0.3, 0.4) is 0 Å². The molecule has 3 aromatic rings. The van der Waals surface area contributed by atoms with Crippen molar-refractivity contribution in [3.05, 3.63) is 36.3 Å². The van der Waals surface area contributed by atoms with Crippen LogP contribution in [-0.2, 0) is 16.1 Å². The maximum absolute atomic E-state index is 12.6. The molecule has 28 heavy (non-hydrogen) atoms. The molecule has 2 aliphatic heterocycles. The third-order valence-electron chi connectivity index (χ3n) is 4.79. The molecule has 0 radical (unpaired) electrons. The van der Waals surface area contributed by atoms with Gasteiger partial charge in [0.05, 0.1) is 28.9 Å². The van der Waals surface area contributed by atoms with Gasteiger partial charge in [0, 0.05) is 25.1 Å². The Morgan fingerprint density at radius 3 is 2.89 bits per heavy atom. The first-order valence-corrected chi connectivity index (χ1v) is 9.78. The van der Waals surface area contributed by atoms with Crippen LogP contribution < -0.4 is 14.8 Å². The number of furan rings is 1. The number of carbonyl (C=O) groups is 2. The molecule has 0 spiro atoms. The van der Waals surface area contributed by atoms with Crippen molar-refractivity contribution >= 4 is 38.5 Å². The first kappa shape index (κ1) is 17.1. The van der Waals surface area contributed by atoms with Crippen LogP contribution in [0.15, 0.2) is 34.9 Å². The van der Waals surface area contributed by atoms with Gasteiger partial charge in [-0.25, -0.2) is 4.98 Å². The predicted molar refractivity (Wildman–Crippen MR) is 101 cm³/mol. The van der Waals surface area contributed by atoms with Crippen LogP contribution in [0.1, 0.15) is 12.2 Å². The number of aromatic nitrogens is 1. The summed E-state index contributed by atoms with van der Waals surface area (Å²) in [6.45, 7) is 1.77. The minimum absolute atomic E-state index is 0.0529. The Hall–Kier alpha value is -3.07. The van der Waals surface area contributed by atoms with Gasteiger partial charge >= 0.3 is 0 Å². The number of rotatable bonds is 4. The Bertz CT molecular complexity index is 1000. The second-order valence-electron chi connectivity index (χ2n) is 6.73. The van der Waals surface area contributed by atoms with Gasteiger partial charge in [0.15, 0.2) is 16.6 Å². The number of ether oxygens (including phenoxy) is 2. The molecular weight excluding hydrogens is 382 g/mol. The van der Waals surface area contributed by atoms with Crippen LogP contribution in [0.25, 0.3) is 10.2 Å². The van der Waals surface area contributed by atoms with Crippen molar-refractivity contribution in [2.75, 3.05) is 25.1 Å². The fourth-order valence-electron chi connectivity index (χ4n) is 3.42. The molecule has 1 saturated heterocycles. The maximum atomic E-state index is 12.6. The molecule has 5 rings (SSSR count). The third kappa shape index (κ3) is 3.18. The average molecular weight is 399 g/mol. The van der Waals surface area contributed by atoms with Crippen LogP contribution in [0.4, 0.5) is 5.13 Å². The Kier molecular flexibility index (Phi) is 4.16. The third-order valence-corrected chi connectivity index (χ3v) is 5.73. The molecule has 1 N–H and O–H groups in total. The van der Waals surface area contributed by atoms with Crippen LogP contribution in [-0.4, -0.2) is 41.5 Å². The molecule has 1 fully saturated rings. The van der Waals surface area contributed by atoms with E-state index in [2.05, 4.69) is 10.3 Å². The van der Waals surface area contributed by atoms with Crippen LogP contribution in [0.5, 0.6) is 11.5 Å². The zero-order valence-electron chi connectivity index (χ0n) is 14.8. The number of nitrogens with zero attached hydrogens (tertiary/aromatic N) is 2. The molecule has 1 aromatic carbocycles. The van der Waals surface area contributed by atoms with Gasteiger partial charge in [0.2, 0.25) is 11.8 Å². The Morgan fingerprint density at radius 2 is 2.11 bits per heavy atom. The summed E-state index contributed by atoms with van der Waals surface area (Å²) in [4.78, 5) is 31.0. The topological polar surface area (TPSA) is 93.9 Å². The number of thiazole rings is 1. The smallest absolute Gasteiger partial charge is 0.231 e. The van der Waals surface area contributed by atoms with Crippen molar-refractivity contribution in [1.82, 2.24) is 9.88 Å². The maximum Gasteiger partial charge on any atom is 0.231 e. The van der Waals surface area contributed by atoms with E-state index in [4.69, 9.17) is 13.9 Å². The standard InChI is InChI=1S/C19H17N3O5S/c23-17-6-11(9-22(17)10-12-2-1-3-25-12)18(24)21-19-20-13-7-14-15(8-16(13)28-19)27-5-4-26-14/h1-3,7-8,11H,4-6,9-10H2,(H,20,21,24). The molecule has 1 atom stereocenters. The van der Waals surface area contributed by atoms with Crippen molar-refractivity contribution in [3.8, 4) is 11.5 Å². The first-order valence-electron chi connectivity index (χ1n) is 8.97. The normalized spacial score (nSPS) is 18.6. The highest BCUT2D eigenvalue weighted by atomic mass is 32.1. The summed E-state index contributed by atoms with van der Waals surface area (Å²) < 4.78 is 17.3. The average Bonchev–Trinajstić information content (AvgIpc) is 3.41. The molecule has 2 amide bonds. The zero-order valence-corrected chi connectivity index (χ0v) is 15.7. The summed E-state index contributed by atoms with van der Waals surface area (Å²) in [5, 5.41) is 3.35. The molecule has 8 nitrogen and oxygen atoms in total. The summed E-state index contributed by atoms with van der Waals surface area (Å²) in [7, 11) is 0. The molecule has 1 unspecified atom stereocenters. The predicted octanol–water partition coefficient (Wildman–Crippen LogP) is 2.65. The summed E-state index contributed by atoms with van der Waals surface area (Å²) in [6.07, 6.45) is 1.76. The minimum atomic E-state index is -0.408. The summed E-state index contributed by atoms with van der Waals surface area (Å²) in [5.41, 5.74) is 0.742. The van der Waals surface area contributed by atoms with Crippen molar-refractivity contribution in [1.29, 1.82) is 0 Å². The van der Waals surface area contributed by atoms with E-state index in [0.29, 0.717) is 48.7 Å². The van der Waals surface area contributed by atoms with Gasteiger partial charge in [0.1, 0.15) is 19.0 Å². The summed E-state index contributed by atoms with van der Waals surface area (Å²) in [6, 6.07) is 7.29. The van der Waals surface area contributed by atoms with Gasteiger partial charge in [-0.1, -0.05) is 11.3 Å². The monoisotopic (exact) mass is 399 g/mol. The Labute approximate surface area is 164 Å². The number of benzene rings is 1. The number of amides is 2. The lowest BCUT2D eigenvalue weighted by Crippen LogP contribution is -2.27. The zero-order chi connectivity index (χ0) is 19.1. The van der Waals surface area contributed by atoms with Crippen molar-refractivity contribution in [3.63, 3.8) is 0 Å². The van der Waals surface area contributed by atoms with E-state index in [-0.39, 0.29) is 18.2 Å². The van der Waals surface area contributed by atoms with E-state index >= 15 is 0 Å². The Morgan fingerprint density at radius 1 is 1.29 bits per heavy atom. The molecule has 4 heterocycles. The van der Waals surface area contributed by atoms with Gasteiger partial charge < -0.3 is 24.1 Å². The van der Waals surface area contributed by atoms with Crippen molar-refractivity contribution in [2.45, 2.75) is 13.0 Å². The van der Waals surface area contributed by atoms with E-state index in [1.165, 1.54) is 11.3 Å². The summed E-state index contributed by atoms with van der Waals surface area (Å²) >= 11 is 1.37. The van der Waals surface area contributed by atoms with Gasteiger partial charge in [-0.3, -0.25) is 9.59 Å². The number of carbonyl (C=O) groups excluding carboxylic acids is 2. The SMILES string of the molecule is O=C(Nc1nc2cc3c(cc2s1)OCCO3)C1CC(=O)N(Cc2ccco2)C1. The lowest BCUT2D eigenvalue weighted by Gasteiger charge is -2.17. The van der Waals surface area contributed by atoms with E-state index < -0.39 is 5.92 Å². The van der Waals surface area contributed by atoms with Gasteiger partial charge in [-0.2, -0.15) is 0 Å². The molecule has 0 saturated carbocycles. The quantitative estimate of drug-likeness (QED) is 0.725. The molecule has 0 aliphatic carbocycles. The van der Waals surface area contributed by atoms with Gasteiger partial charge in [-0.05, 0) is 12.1 Å². The van der Waals surface area contributed by atoms with E-state index in [9.17, 15) is 9.59 Å². The van der Waals surface area contributed by atoms with Crippen LogP contribution in [0, 0.1) is 5.92 Å². The number of nitrogens with one attached hydrogen (secondary N) is 1. The largest absolute Gasteiger partial charge is 0.486 e. The lowest BCUT2D eigenvalue weighted by molar-refractivity contribution is -0.128. The number of hydrogen-bond acceptors (Lipinski definition) is 7. The highest BCUT2D eigenvalue weighted by Crippen LogP contribution is 2.38. The van der Waals surface area contributed by atoms with E-state index in [1.54, 1.807) is 17.2 Å². The number of anilines is 1. The number of hydrogen-bond donors (Lipinski definition) is 1. The molecule has 2 aromatic heterocycles.